The van der Waals surface area contributed by atoms with Crippen molar-refractivity contribution in [3.05, 3.63) is 204 Å². The molecule has 0 bridgehead atoms. The molecule has 11 aromatic carbocycles. The second-order valence-corrected chi connectivity index (χ2v) is 18.4. The van der Waals surface area contributed by atoms with Gasteiger partial charge in [0, 0.05) is 10.8 Å². The van der Waals surface area contributed by atoms with Crippen molar-refractivity contribution in [2.45, 2.75) is 38.5 Å². The molecule has 0 spiro atoms. The molecule has 2 aliphatic carbocycles. The van der Waals surface area contributed by atoms with Gasteiger partial charge in [0.05, 0.1) is 0 Å². The van der Waals surface area contributed by atoms with E-state index in [1.54, 1.807) is 0 Å². The van der Waals surface area contributed by atoms with Gasteiger partial charge in [0.2, 0.25) is 0 Å². The van der Waals surface area contributed by atoms with E-state index >= 15 is 0 Å². The summed E-state index contributed by atoms with van der Waals surface area (Å²) in [7, 11) is 0. The van der Waals surface area contributed by atoms with Crippen molar-refractivity contribution >= 4 is 53.9 Å². The summed E-state index contributed by atoms with van der Waals surface area (Å²) in [5.74, 6) is 0. The van der Waals surface area contributed by atoms with Crippen LogP contribution in [-0.2, 0) is 10.8 Å². The van der Waals surface area contributed by atoms with Crippen LogP contribution in [0.3, 0.4) is 0 Å². The largest absolute Gasteiger partial charge is 0.0619 e. The Balaban J connectivity index is 1.12. The summed E-state index contributed by atoms with van der Waals surface area (Å²) in [5.41, 5.74) is 18.4. The van der Waals surface area contributed by atoms with Gasteiger partial charge in [0.15, 0.2) is 0 Å². The highest BCUT2D eigenvalue weighted by Gasteiger charge is 2.37. The van der Waals surface area contributed by atoms with E-state index in [2.05, 4.69) is 210 Å². The van der Waals surface area contributed by atoms with Crippen LogP contribution in [0.2, 0.25) is 0 Å². The maximum Gasteiger partial charge on any atom is 0.0159 e. The van der Waals surface area contributed by atoms with Crippen molar-refractivity contribution in [1.82, 2.24) is 0 Å². The molecular weight excluding hydrogens is 721 g/mol. The summed E-state index contributed by atoms with van der Waals surface area (Å²) in [5, 5.41) is 13.0. The monoisotopic (exact) mass is 762 g/mol. The molecule has 11 aromatic rings. The van der Waals surface area contributed by atoms with E-state index in [0.717, 1.165) is 0 Å². The lowest BCUT2D eigenvalue weighted by Crippen LogP contribution is -2.15. The van der Waals surface area contributed by atoms with Gasteiger partial charge in [0.25, 0.3) is 0 Å². The molecule has 60 heavy (non-hydrogen) atoms. The topological polar surface area (TPSA) is 0 Å². The molecule has 0 radical (unpaired) electrons. The van der Waals surface area contributed by atoms with Crippen molar-refractivity contribution < 1.29 is 0 Å². The zero-order valence-electron chi connectivity index (χ0n) is 34.3. The van der Waals surface area contributed by atoms with Gasteiger partial charge in [-0.3, -0.25) is 0 Å². The maximum atomic E-state index is 2.51. The fourth-order valence-corrected chi connectivity index (χ4v) is 11.7. The summed E-state index contributed by atoms with van der Waals surface area (Å²) < 4.78 is 0. The Morgan fingerprint density at radius 3 is 1.32 bits per heavy atom. The minimum absolute atomic E-state index is 0.0928. The number of fused-ring (bicyclic) bond motifs is 8. The molecule has 0 saturated carbocycles. The molecule has 0 heterocycles. The Bertz CT molecular complexity index is 3630. The van der Waals surface area contributed by atoms with E-state index in [1.165, 1.54) is 132 Å². The number of hydrogen-bond donors (Lipinski definition) is 0. The molecule has 0 unspecified atom stereocenters. The highest BCUT2D eigenvalue weighted by atomic mass is 14.4. The van der Waals surface area contributed by atoms with Crippen LogP contribution in [0.4, 0.5) is 0 Å². The predicted molar refractivity (Wildman–Crippen MR) is 257 cm³/mol. The van der Waals surface area contributed by atoms with Crippen LogP contribution in [0.1, 0.15) is 49.9 Å². The molecule has 282 valence electrons. The van der Waals surface area contributed by atoms with Crippen LogP contribution in [0.25, 0.3) is 109 Å². The Morgan fingerprint density at radius 2 is 0.700 bits per heavy atom. The van der Waals surface area contributed by atoms with Crippen LogP contribution in [0, 0.1) is 0 Å². The molecule has 0 aromatic heterocycles. The third kappa shape index (κ3) is 4.41. The lowest BCUT2D eigenvalue weighted by atomic mass is 9.79. The van der Waals surface area contributed by atoms with Crippen molar-refractivity contribution in [3.63, 3.8) is 0 Å². The van der Waals surface area contributed by atoms with Crippen molar-refractivity contribution in [1.29, 1.82) is 0 Å². The zero-order valence-corrected chi connectivity index (χ0v) is 34.3. The average molecular weight is 763 g/mol. The first kappa shape index (κ1) is 33.9. The summed E-state index contributed by atoms with van der Waals surface area (Å²) in [6, 6.07) is 69.5. The van der Waals surface area contributed by atoms with Crippen molar-refractivity contribution in [2.75, 3.05) is 0 Å². The molecule has 2 aliphatic rings. The second kappa shape index (κ2) is 11.8. The SMILES string of the molecule is CC1(C)c2ccccc2-c2ccc(-c3c4ccccc4c(-c4ccc5c(c4)C(C)(C)c4ccccc4-5)c4cc(-c5ccc6ccc7cccc8ccc5c6c78)ccc34)cc21. The lowest BCUT2D eigenvalue weighted by molar-refractivity contribution is 0.660. The summed E-state index contributed by atoms with van der Waals surface area (Å²) in [6.45, 7) is 9.55. The van der Waals surface area contributed by atoms with Gasteiger partial charge < -0.3 is 0 Å². The van der Waals surface area contributed by atoms with Gasteiger partial charge in [-0.1, -0.05) is 191 Å². The number of hydrogen-bond acceptors (Lipinski definition) is 0. The molecule has 13 rings (SSSR count). The van der Waals surface area contributed by atoms with E-state index in [4.69, 9.17) is 0 Å². The van der Waals surface area contributed by atoms with Crippen molar-refractivity contribution in [2.24, 2.45) is 0 Å². The Hall–Kier alpha value is -7.02. The Labute approximate surface area is 350 Å². The van der Waals surface area contributed by atoms with E-state index < -0.39 is 0 Å². The van der Waals surface area contributed by atoms with Crippen LogP contribution in [-0.4, -0.2) is 0 Å². The summed E-state index contributed by atoms with van der Waals surface area (Å²) in [6.07, 6.45) is 0. The molecule has 0 saturated heterocycles. The molecule has 0 aliphatic heterocycles. The lowest BCUT2D eigenvalue weighted by Gasteiger charge is -2.24. The Morgan fingerprint density at radius 1 is 0.267 bits per heavy atom. The first-order valence-corrected chi connectivity index (χ1v) is 21.4. The third-order valence-electron chi connectivity index (χ3n) is 14.6. The minimum atomic E-state index is -0.102. The summed E-state index contributed by atoms with van der Waals surface area (Å²) in [4.78, 5) is 0. The number of rotatable bonds is 3. The van der Waals surface area contributed by atoms with E-state index in [9.17, 15) is 0 Å². The fraction of sp³-hybridized carbons (Fsp3) is 0.100. The molecule has 0 heteroatoms. The zero-order chi connectivity index (χ0) is 40.1. The van der Waals surface area contributed by atoms with Gasteiger partial charge in [-0.15, -0.1) is 0 Å². The van der Waals surface area contributed by atoms with Gasteiger partial charge in [0.1, 0.15) is 0 Å². The van der Waals surface area contributed by atoms with E-state index in [-0.39, 0.29) is 10.8 Å². The van der Waals surface area contributed by atoms with Crippen LogP contribution < -0.4 is 0 Å². The highest BCUT2D eigenvalue weighted by Crippen LogP contribution is 2.54. The maximum absolute atomic E-state index is 2.51. The van der Waals surface area contributed by atoms with Gasteiger partial charge in [-0.25, -0.2) is 0 Å². The van der Waals surface area contributed by atoms with E-state index in [1.807, 2.05) is 0 Å². The van der Waals surface area contributed by atoms with Gasteiger partial charge in [-0.2, -0.15) is 0 Å². The predicted octanol–water partition coefficient (Wildman–Crippen LogP) is 16.5. The minimum Gasteiger partial charge on any atom is -0.0619 e. The van der Waals surface area contributed by atoms with Crippen LogP contribution >= 0.6 is 0 Å². The molecule has 0 atom stereocenters. The first-order valence-electron chi connectivity index (χ1n) is 21.4. The van der Waals surface area contributed by atoms with Gasteiger partial charge >= 0.3 is 0 Å². The molecule has 0 amide bonds. The normalized spacial score (nSPS) is 14.6. The average Bonchev–Trinajstić information content (AvgIpc) is 3.66. The van der Waals surface area contributed by atoms with Crippen LogP contribution in [0.15, 0.2) is 182 Å². The van der Waals surface area contributed by atoms with Crippen LogP contribution in [0.5, 0.6) is 0 Å². The molecule has 0 fully saturated rings. The second-order valence-electron chi connectivity index (χ2n) is 18.4. The number of benzene rings is 11. The molecular formula is C60H42. The summed E-state index contributed by atoms with van der Waals surface area (Å²) >= 11 is 0. The molecule has 0 nitrogen and oxygen atoms in total. The van der Waals surface area contributed by atoms with E-state index in [0.29, 0.717) is 0 Å². The molecule has 0 N–H and O–H groups in total. The fourth-order valence-electron chi connectivity index (χ4n) is 11.7. The standard InChI is InChI=1S/C60H42/c1-59(2)51-18-9-7-14-42(51)44-28-25-39(33-53(44)59)56-46-16-5-6-17-47(46)57(40-26-29-45-43-15-8-10-19-52(43)60(3,4)54(45)34-40)50-32-38(24-31-49(50)56)41-27-22-37-21-20-35-12-11-13-36-23-30-48(41)58(37)55(35)36/h5-34H,1-4H3. The third-order valence-corrected chi connectivity index (χ3v) is 14.6. The van der Waals surface area contributed by atoms with Crippen molar-refractivity contribution in [3.8, 4) is 55.6 Å². The Kier molecular flexibility index (Phi) is 6.67. The van der Waals surface area contributed by atoms with Gasteiger partial charge in [-0.05, 0) is 150 Å². The first-order chi connectivity index (χ1) is 29.3. The smallest absolute Gasteiger partial charge is 0.0159 e. The quantitative estimate of drug-likeness (QED) is 0.124. The highest BCUT2D eigenvalue weighted by molar-refractivity contribution is 6.26.